The zero-order chi connectivity index (χ0) is 15.5. The number of nitrogens with zero attached hydrogens (tertiary/aromatic N) is 1. The Labute approximate surface area is 129 Å². The van der Waals surface area contributed by atoms with Gasteiger partial charge in [-0.25, -0.2) is 0 Å². The SMILES string of the molecule is COCCN(CCOC)C(=O)c1sccc1C#CCCO. The number of methoxy groups -OCH3 is 2. The third kappa shape index (κ3) is 5.86. The Morgan fingerprint density at radius 1 is 1.33 bits per heavy atom. The highest BCUT2D eigenvalue weighted by atomic mass is 32.1. The fourth-order valence-electron chi connectivity index (χ4n) is 1.65. The minimum atomic E-state index is -0.0626. The third-order valence-electron chi connectivity index (χ3n) is 2.74. The summed E-state index contributed by atoms with van der Waals surface area (Å²) in [5.41, 5.74) is 0.707. The van der Waals surface area contributed by atoms with Crippen molar-refractivity contribution in [3.8, 4) is 11.8 Å². The molecule has 0 aromatic carbocycles. The highest BCUT2D eigenvalue weighted by molar-refractivity contribution is 7.12. The van der Waals surface area contributed by atoms with Crippen LogP contribution in [0, 0.1) is 11.8 Å². The molecule has 0 unspecified atom stereocenters. The van der Waals surface area contributed by atoms with Crippen LogP contribution < -0.4 is 0 Å². The number of hydrogen-bond acceptors (Lipinski definition) is 5. The summed E-state index contributed by atoms with van der Waals surface area (Å²) in [7, 11) is 3.21. The summed E-state index contributed by atoms with van der Waals surface area (Å²) >= 11 is 1.37. The number of ether oxygens (including phenoxy) is 2. The van der Waals surface area contributed by atoms with Gasteiger partial charge in [0.05, 0.1) is 19.8 Å². The summed E-state index contributed by atoms with van der Waals surface area (Å²) in [6.45, 7) is 2.01. The van der Waals surface area contributed by atoms with Crippen LogP contribution in [0.4, 0.5) is 0 Å². The standard InChI is InChI=1S/C15H21NO4S/c1-19-10-7-16(8-11-20-2)15(18)14-13(6-12-21-14)5-3-4-9-17/h6,12,17H,4,7-11H2,1-2H3. The molecule has 0 aliphatic carbocycles. The van der Waals surface area contributed by atoms with Crippen molar-refractivity contribution in [2.24, 2.45) is 0 Å². The van der Waals surface area contributed by atoms with Crippen molar-refractivity contribution >= 4 is 17.2 Å². The van der Waals surface area contributed by atoms with Crippen LogP contribution >= 0.6 is 11.3 Å². The molecule has 0 saturated carbocycles. The highest BCUT2D eigenvalue weighted by Crippen LogP contribution is 2.18. The van der Waals surface area contributed by atoms with Crippen LogP contribution in [-0.4, -0.2) is 63.0 Å². The Hall–Kier alpha value is -1.39. The molecule has 1 N–H and O–H groups in total. The van der Waals surface area contributed by atoms with Gasteiger partial charge >= 0.3 is 0 Å². The summed E-state index contributed by atoms with van der Waals surface area (Å²) < 4.78 is 10.1. The van der Waals surface area contributed by atoms with E-state index in [1.807, 2.05) is 11.4 Å². The van der Waals surface area contributed by atoms with Crippen LogP contribution in [0.2, 0.25) is 0 Å². The molecule has 0 radical (unpaired) electrons. The maximum absolute atomic E-state index is 12.6. The number of aliphatic hydroxyl groups excluding tert-OH is 1. The topological polar surface area (TPSA) is 59.0 Å². The molecule has 116 valence electrons. The van der Waals surface area contributed by atoms with Crippen LogP contribution in [0.25, 0.3) is 0 Å². The summed E-state index contributed by atoms with van der Waals surface area (Å²) in [5, 5.41) is 10.6. The first-order valence-electron chi connectivity index (χ1n) is 6.69. The van der Waals surface area contributed by atoms with Crippen molar-refractivity contribution in [1.29, 1.82) is 0 Å². The summed E-state index contributed by atoms with van der Waals surface area (Å²) in [4.78, 5) is 14.9. The predicted octanol–water partition coefficient (Wildman–Crippen LogP) is 1.22. The quantitative estimate of drug-likeness (QED) is 0.733. The Bertz CT molecular complexity index is 481. The van der Waals surface area contributed by atoms with Crippen molar-refractivity contribution in [2.75, 3.05) is 47.1 Å². The normalized spacial score (nSPS) is 10.0. The summed E-state index contributed by atoms with van der Waals surface area (Å²) in [5.74, 6) is 5.71. The van der Waals surface area contributed by atoms with E-state index in [2.05, 4.69) is 11.8 Å². The van der Waals surface area contributed by atoms with Gasteiger partial charge in [-0.1, -0.05) is 11.8 Å². The van der Waals surface area contributed by atoms with Crippen LogP contribution in [-0.2, 0) is 9.47 Å². The van der Waals surface area contributed by atoms with Crippen molar-refractivity contribution in [3.05, 3.63) is 21.9 Å². The van der Waals surface area contributed by atoms with Gasteiger partial charge in [-0.05, 0) is 11.4 Å². The second kappa shape index (κ2) is 10.4. The minimum absolute atomic E-state index is 0.0220. The molecule has 5 nitrogen and oxygen atoms in total. The number of carbonyl (C=O) groups is 1. The average Bonchev–Trinajstić information content (AvgIpc) is 2.95. The van der Waals surface area contributed by atoms with Gasteiger partial charge in [-0.2, -0.15) is 0 Å². The molecular weight excluding hydrogens is 290 g/mol. The first-order chi connectivity index (χ1) is 10.2. The molecule has 21 heavy (non-hydrogen) atoms. The molecule has 1 aromatic rings. The van der Waals surface area contributed by atoms with Crippen LogP contribution in [0.5, 0.6) is 0 Å². The Balaban J connectivity index is 2.83. The second-order valence-electron chi connectivity index (χ2n) is 4.22. The third-order valence-corrected chi connectivity index (χ3v) is 3.64. The zero-order valence-electron chi connectivity index (χ0n) is 12.4. The van der Waals surface area contributed by atoms with Crippen molar-refractivity contribution in [3.63, 3.8) is 0 Å². The lowest BCUT2D eigenvalue weighted by atomic mass is 10.2. The number of aliphatic hydroxyl groups is 1. The van der Waals surface area contributed by atoms with E-state index in [1.165, 1.54) is 11.3 Å². The summed E-state index contributed by atoms with van der Waals surface area (Å²) in [6.07, 6.45) is 0.403. The molecule has 0 spiro atoms. The van der Waals surface area contributed by atoms with Crippen molar-refractivity contribution < 1.29 is 19.4 Å². The molecule has 0 atom stereocenters. The number of amides is 1. The molecule has 0 saturated heterocycles. The lowest BCUT2D eigenvalue weighted by molar-refractivity contribution is 0.0631. The molecule has 0 bridgehead atoms. The predicted molar refractivity (Wildman–Crippen MR) is 82.6 cm³/mol. The molecule has 0 aliphatic heterocycles. The molecule has 0 aliphatic rings. The number of hydrogen-bond donors (Lipinski definition) is 1. The molecule has 0 fully saturated rings. The van der Waals surface area contributed by atoms with Crippen molar-refractivity contribution in [1.82, 2.24) is 4.90 Å². The summed E-state index contributed by atoms with van der Waals surface area (Å²) in [6, 6.07) is 1.83. The van der Waals surface area contributed by atoms with Gasteiger partial charge in [-0.15, -0.1) is 11.3 Å². The number of rotatable bonds is 8. The van der Waals surface area contributed by atoms with Crippen LogP contribution in [0.15, 0.2) is 11.4 Å². The van der Waals surface area contributed by atoms with Gasteiger partial charge in [0.25, 0.3) is 5.91 Å². The van der Waals surface area contributed by atoms with Gasteiger partial charge < -0.3 is 19.5 Å². The average molecular weight is 311 g/mol. The van der Waals surface area contributed by atoms with Gasteiger partial charge in [0.15, 0.2) is 0 Å². The Kier molecular flexibility index (Phi) is 8.71. The zero-order valence-corrected chi connectivity index (χ0v) is 13.2. The Morgan fingerprint density at radius 2 is 2.00 bits per heavy atom. The lowest BCUT2D eigenvalue weighted by Gasteiger charge is -2.21. The van der Waals surface area contributed by atoms with Crippen molar-refractivity contribution in [2.45, 2.75) is 6.42 Å². The van der Waals surface area contributed by atoms with E-state index in [0.717, 1.165) is 0 Å². The minimum Gasteiger partial charge on any atom is -0.395 e. The Morgan fingerprint density at radius 3 is 2.57 bits per heavy atom. The largest absolute Gasteiger partial charge is 0.395 e. The van der Waals surface area contributed by atoms with E-state index in [0.29, 0.717) is 43.2 Å². The lowest BCUT2D eigenvalue weighted by Crippen LogP contribution is -2.36. The monoisotopic (exact) mass is 311 g/mol. The van der Waals surface area contributed by atoms with E-state index >= 15 is 0 Å². The van der Waals surface area contributed by atoms with Gasteiger partial charge in [0.2, 0.25) is 0 Å². The molecule has 6 heteroatoms. The van der Waals surface area contributed by atoms with Gasteiger partial charge in [0, 0.05) is 39.3 Å². The fraction of sp³-hybridized carbons (Fsp3) is 0.533. The van der Waals surface area contributed by atoms with Crippen LogP contribution in [0.3, 0.4) is 0 Å². The van der Waals surface area contributed by atoms with E-state index < -0.39 is 0 Å². The smallest absolute Gasteiger partial charge is 0.265 e. The molecule has 1 amide bonds. The second-order valence-corrected chi connectivity index (χ2v) is 5.13. The number of thiophene rings is 1. The molecule has 1 heterocycles. The van der Waals surface area contributed by atoms with E-state index in [9.17, 15) is 4.79 Å². The molecule has 1 rings (SSSR count). The van der Waals surface area contributed by atoms with E-state index in [-0.39, 0.29) is 12.5 Å². The van der Waals surface area contributed by atoms with E-state index in [4.69, 9.17) is 14.6 Å². The van der Waals surface area contributed by atoms with E-state index in [1.54, 1.807) is 19.1 Å². The van der Waals surface area contributed by atoms with Gasteiger partial charge in [0.1, 0.15) is 4.88 Å². The fourth-order valence-corrected chi connectivity index (χ4v) is 2.46. The maximum Gasteiger partial charge on any atom is 0.265 e. The van der Waals surface area contributed by atoms with Gasteiger partial charge in [-0.3, -0.25) is 4.79 Å². The first-order valence-corrected chi connectivity index (χ1v) is 7.57. The molecule has 1 aromatic heterocycles. The molecular formula is C15H21NO4S. The van der Waals surface area contributed by atoms with Crippen LogP contribution in [0.1, 0.15) is 21.7 Å². The highest BCUT2D eigenvalue weighted by Gasteiger charge is 2.19. The number of carbonyl (C=O) groups excluding carboxylic acids is 1. The first kappa shape index (κ1) is 17.7. The maximum atomic E-state index is 12.6.